The highest BCUT2D eigenvalue weighted by Crippen LogP contribution is 2.40. The Bertz CT molecular complexity index is 2870. The van der Waals surface area contributed by atoms with E-state index in [0.29, 0.717) is 17.5 Å². The van der Waals surface area contributed by atoms with Crippen molar-refractivity contribution in [2.24, 2.45) is 0 Å². The molecule has 0 bridgehead atoms. The summed E-state index contributed by atoms with van der Waals surface area (Å²) in [6, 6.07) is 56.9. The normalized spacial score (nSPS) is 11.7. The molecule has 0 aliphatic rings. The summed E-state index contributed by atoms with van der Waals surface area (Å²) in [6.07, 6.45) is 0. The molecule has 49 heavy (non-hydrogen) atoms. The average molecular weight is 626 g/mol. The Morgan fingerprint density at radius 1 is 0.327 bits per heavy atom. The predicted molar refractivity (Wildman–Crippen MR) is 201 cm³/mol. The maximum atomic E-state index is 6.28. The molecule has 0 N–H and O–H groups in total. The molecule has 8 aromatic carbocycles. The summed E-state index contributed by atoms with van der Waals surface area (Å²) < 4.78 is 6.28. The first-order chi connectivity index (χ1) is 24.3. The van der Waals surface area contributed by atoms with E-state index in [9.17, 15) is 0 Å². The van der Waals surface area contributed by atoms with Crippen molar-refractivity contribution in [3.8, 4) is 45.3 Å². The van der Waals surface area contributed by atoms with Gasteiger partial charge >= 0.3 is 0 Å². The van der Waals surface area contributed by atoms with Gasteiger partial charge in [0.05, 0.1) is 0 Å². The molecule has 0 saturated heterocycles. The number of fused-ring (bicyclic) bond motifs is 8. The molecule has 2 aromatic heterocycles. The average Bonchev–Trinajstić information content (AvgIpc) is 3.57. The molecule has 0 radical (unpaired) electrons. The molecule has 2 heterocycles. The first kappa shape index (κ1) is 27.5. The van der Waals surface area contributed by atoms with Gasteiger partial charge in [0.15, 0.2) is 17.5 Å². The summed E-state index contributed by atoms with van der Waals surface area (Å²) in [5, 5.41) is 9.07. The summed E-state index contributed by atoms with van der Waals surface area (Å²) in [4.78, 5) is 15.7. The number of nitrogens with zero attached hydrogens (tertiary/aromatic N) is 3. The van der Waals surface area contributed by atoms with Crippen LogP contribution in [0.2, 0.25) is 0 Å². The van der Waals surface area contributed by atoms with Crippen molar-refractivity contribution in [2.75, 3.05) is 0 Å². The van der Waals surface area contributed by atoms with Crippen molar-refractivity contribution in [2.45, 2.75) is 0 Å². The molecule has 0 saturated carbocycles. The van der Waals surface area contributed by atoms with Crippen molar-refractivity contribution in [1.29, 1.82) is 0 Å². The van der Waals surface area contributed by atoms with Crippen LogP contribution in [-0.4, -0.2) is 15.0 Å². The first-order valence-electron chi connectivity index (χ1n) is 16.4. The van der Waals surface area contributed by atoms with Gasteiger partial charge < -0.3 is 4.42 Å². The third-order valence-electron chi connectivity index (χ3n) is 9.54. The van der Waals surface area contributed by atoms with Gasteiger partial charge in [-0.2, -0.15) is 0 Å². The van der Waals surface area contributed by atoms with Gasteiger partial charge in [-0.1, -0.05) is 146 Å². The smallest absolute Gasteiger partial charge is 0.164 e. The van der Waals surface area contributed by atoms with Crippen molar-refractivity contribution < 1.29 is 4.42 Å². The third kappa shape index (κ3) is 4.49. The van der Waals surface area contributed by atoms with Crippen molar-refractivity contribution >= 4 is 54.3 Å². The number of para-hydroxylation sites is 1. The molecule has 0 amide bonds. The van der Waals surface area contributed by atoms with Crippen molar-refractivity contribution in [3.05, 3.63) is 164 Å². The van der Waals surface area contributed by atoms with E-state index in [1.54, 1.807) is 0 Å². The maximum Gasteiger partial charge on any atom is 0.164 e. The molecule has 0 aliphatic heterocycles. The molecule has 0 fully saturated rings. The Labute approximate surface area is 282 Å². The lowest BCUT2D eigenvalue weighted by Gasteiger charge is -2.14. The maximum absolute atomic E-state index is 6.28. The van der Waals surface area contributed by atoms with Crippen molar-refractivity contribution in [1.82, 2.24) is 15.0 Å². The van der Waals surface area contributed by atoms with E-state index < -0.39 is 0 Å². The van der Waals surface area contributed by atoms with E-state index in [0.717, 1.165) is 49.6 Å². The van der Waals surface area contributed by atoms with Crippen LogP contribution < -0.4 is 0 Å². The number of aromatic nitrogens is 3. The molecule has 0 spiro atoms. The number of hydrogen-bond donors (Lipinski definition) is 0. The van der Waals surface area contributed by atoms with Gasteiger partial charge in [0.1, 0.15) is 11.2 Å². The van der Waals surface area contributed by atoms with E-state index in [4.69, 9.17) is 19.4 Å². The van der Waals surface area contributed by atoms with Crippen LogP contribution in [0.15, 0.2) is 168 Å². The fourth-order valence-electron chi connectivity index (χ4n) is 7.20. The molecule has 228 valence electrons. The van der Waals surface area contributed by atoms with Crippen LogP contribution in [0.5, 0.6) is 0 Å². The van der Waals surface area contributed by atoms with Gasteiger partial charge in [0.2, 0.25) is 0 Å². The van der Waals surface area contributed by atoms with Crippen LogP contribution in [0.1, 0.15) is 0 Å². The molecule has 10 aromatic rings. The highest BCUT2D eigenvalue weighted by Gasteiger charge is 2.20. The summed E-state index contributed by atoms with van der Waals surface area (Å²) in [5.74, 6) is 1.85. The minimum absolute atomic E-state index is 0.603. The molecule has 0 aliphatic carbocycles. The molecule has 0 atom stereocenters. The Morgan fingerprint density at radius 2 is 0.918 bits per heavy atom. The minimum Gasteiger partial charge on any atom is -0.456 e. The highest BCUT2D eigenvalue weighted by atomic mass is 16.3. The van der Waals surface area contributed by atoms with E-state index in [-0.39, 0.29) is 0 Å². The lowest BCUT2D eigenvalue weighted by molar-refractivity contribution is 0.669. The van der Waals surface area contributed by atoms with Gasteiger partial charge in [-0.3, -0.25) is 0 Å². The fourth-order valence-corrected chi connectivity index (χ4v) is 7.20. The van der Waals surface area contributed by atoms with Crippen LogP contribution in [0.4, 0.5) is 0 Å². The molecule has 0 unspecified atom stereocenters. The highest BCUT2D eigenvalue weighted by molar-refractivity contribution is 6.20. The number of rotatable bonds is 4. The summed E-state index contributed by atoms with van der Waals surface area (Å²) in [6.45, 7) is 0. The standard InChI is InChI=1S/C45H27N3O/c1-2-11-28(12-3-1)29-21-23-31(24-22-29)43-46-44(37-18-10-20-41-42(37)36-17-8-9-19-40(36)49-41)48-45(47-43)39-27-38-32-14-5-4-13-30(32)25-26-35(38)33-15-6-7-16-34(33)39/h1-27H. The van der Waals surface area contributed by atoms with Crippen LogP contribution in [-0.2, 0) is 0 Å². The summed E-state index contributed by atoms with van der Waals surface area (Å²) in [7, 11) is 0. The lowest BCUT2D eigenvalue weighted by Crippen LogP contribution is -2.01. The predicted octanol–water partition coefficient (Wildman–Crippen LogP) is 11.9. The zero-order valence-corrected chi connectivity index (χ0v) is 26.3. The summed E-state index contributed by atoms with van der Waals surface area (Å²) in [5.41, 5.74) is 6.74. The zero-order valence-electron chi connectivity index (χ0n) is 26.3. The number of furan rings is 1. The van der Waals surface area contributed by atoms with Gasteiger partial charge in [0.25, 0.3) is 0 Å². The molecule has 4 heteroatoms. The topological polar surface area (TPSA) is 51.8 Å². The Balaban J connectivity index is 1.26. The van der Waals surface area contributed by atoms with Crippen LogP contribution in [0.25, 0.3) is 99.5 Å². The van der Waals surface area contributed by atoms with Gasteiger partial charge in [-0.05, 0) is 61.6 Å². The fraction of sp³-hybridized carbons (Fsp3) is 0. The Morgan fingerprint density at radius 3 is 1.76 bits per heavy atom. The minimum atomic E-state index is 0.603. The molecule has 10 rings (SSSR count). The second kappa shape index (κ2) is 11.0. The van der Waals surface area contributed by atoms with E-state index in [2.05, 4.69) is 127 Å². The monoisotopic (exact) mass is 625 g/mol. The van der Waals surface area contributed by atoms with Gasteiger partial charge in [0, 0.05) is 27.5 Å². The van der Waals surface area contributed by atoms with Gasteiger partial charge in [-0.25, -0.2) is 15.0 Å². The second-order valence-corrected chi connectivity index (χ2v) is 12.4. The van der Waals surface area contributed by atoms with Crippen LogP contribution in [0.3, 0.4) is 0 Å². The number of hydrogen-bond acceptors (Lipinski definition) is 4. The molecular weight excluding hydrogens is 599 g/mol. The van der Waals surface area contributed by atoms with Crippen LogP contribution >= 0.6 is 0 Å². The number of benzene rings is 8. The first-order valence-corrected chi connectivity index (χ1v) is 16.4. The van der Waals surface area contributed by atoms with E-state index in [1.807, 2.05) is 36.4 Å². The largest absolute Gasteiger partial charge is 0.456 e. The van der Waals surface area contributed by atoms with Crippen molar-refractivity contribution in [3.63, 3.8) is 0 Å². The Hall–Kier alpha value is -6.65. The third-order valence-corrected chi connectivity index (χ3v) is 9.54. The SMILES string of the molecule is c1ccc(-c2ccc(-c3nc(-c4cc5c6ccccc6ccc5c5ccccc45)nc(-c4cccc5oc6ccccc6c45)n3)cc2)cc1. The Kier molecular flexibility index (Phi) is 6.15. The lowest BCUT2D eigenvalue weighted by atomic mass is 9.93. The van der Waals surface area contributed by atoms with E-state index in [1.165, 1.54) is 32.5 Å². The second-order valence-electron chi connectivity index (χ2n) is 12.4. The summed E-state index contributed by atoms with van der Waals surface area (Å²) >= 11 is 0. The quantitative estimate of drug-likeness (QED) is 0.183. The molecule has 4 nitrogen and oxygen atoms in total. The zero-order chi connectivity index (χ0) is 32.3. The molecular formula is C45H27N3O. The van der Waals surface area contributed by atoms with Crippen LogP contribution in [0, 0.1) is 0 Å². The van der Waals surface area contributed by atoms with Gasteiger partial charge in [-0.15, -0.1) is 0 Å². The van der Waals surface area contributed by atoms with E-state index >= 15 is 0 Å².